The molecule has 0 aliphatic heterocycles. The van der Waals surface area contributed by atoms with Crippen molar-refractivity contribution in [3.63, 3.8) is 0 Å². The van der Waals surface area contributed by atoms with Gasteiger partial charge in [0.2, 0.25) is 0 Å². The topological polar surface area (TPSA) is 35.0 Å². The van der Waals surface area contributed by atoms with Crippen LogP contribution in [0.4, 0.5) is 0 Å². The first kappa shape index (κ1) is 17.7. The van der Waals surface area contributed by atoms with E-state index in [1.807, 2.05) is 0 Å². The lowest BCUT2D eigenvalue weighted by Crippen LogP contribution is -2.23. The molecule has 0 saturated heterocycles. The van der Waals surface area contributed by atoms with E-state index < -0.39 is 0 Å². The van der Waals surface area contributed by atoms with Gasteiger partial charge in [-0.25, -0.2) is 0 Å². The van der Waals surface area contributed by atoms with Gasteiger partial charge in [0.1, 0.15) is 0 Å². The van der Waals surface area contributed by atoms with Crippen molar-refractivity contribution in [3.8, 4) is 0 Å². The molecule has 2 unspecified atom stereocenters. The third-order valence-electron chi connectivity index (χ3n) is 4.53. The van der Waals surface area contributed by atoms with Crippen LogP contribution in [0.25, 0.3) is 0 Å². The van der Waals surface area contributed by atoms with Gasteiger partial charge in [-0.15, -0.1) is 12.4 Å². The van der Waals surface area contributed by atoms with E-state index >= 15 is 0 Å². The molecule has 2 heteroatoms. The lowest BCUT2D eigenvalue weighted by molar-refractivity contribution is 0.234. The standard InChI is InChI=1S/C19H22.ClH.H3N/c1-3-8-16(9-4-1)10-7-13-18-14-15-19(18)17-11-5-2-6-12-17;;/h1-6,8-9,11-12,18-19H,7,10,13-15H2;1H;1H3. The summed E-state index contributed by atoms with van der Waals surface area (Å²) in [5.41, 5.74) is 3.04. The summed E-state index contributed by atoms with van der Waals surface area (Å²) in [5.74, 6) is 1.75. The van der Waals surface area contributed by atoms with Crippen molar-refractivity contribution >= 4 is 12.4 Å². The molecule has 1 nitrogen and oxygen atoms in total. The summed E-state index contributed by atoms with van der Waals surface area (Å²) in [6, 6.07) is 21.9. The van der Waals surface area contributed by atoms with Gasteiger partial charge < -0.3 is 6.15 Å². The molecule has 0 aromatic heterocycles. The Morgan fingerprint density at radius 2 is 1.43 bits per heavy atom. The van der Waals surface area contributed by atoms with Gasteiger partial charge in [-0.2, -0.15) is 0 Å². The first-order valence-electron chi connectivity index (χ1n) is 7.52. The molecule has 2 aromatic carbocycles. The van der Waals surface area contributed by atoms with Gasteiger partial charge in [-0.1, -0.05) is 60.7 Å². The van der Waals surface area contributed by atoms with E-state index in [9.17, 15) is 0 Å². The first-order chi connectivity index (χ1) is 9.43. The zero-order valence-electron chi connectivity index (χ0n) is 12.6. The van der Waals surface area contributed by atoms with Crippen LogP contribution >= 0.6 is 12.4 Å². The molecule has 0 heterocycles. The van der Waals surface area contributed by atoms with Crippen molar-refractivity contribution in [2.45, 2.75) is 38.0 Å². The zero-order valence-corrected chi connectivity index (χ0v) is 13.4. The molecular formula is C19H26ClN. The predicted octanol–water partition coefficient (Wildman–Crippen LogP) is 5.79. The van der Waals surface area contributed by atoms with Crippen LogP contribution < -0.4 is 6.15 Å². The van der Waals surface area contributed by atoms with Crippen LogP contribution in [0.1, 0.15) is 42.7 Å². The van der Waals surface area contributed by atoms with Crippen LogP contribution in [-0.2, 0) is 6.42 Å². The molecule has 3 N–H and O–H groups in total. The van der Waals surface area contributed by atoms with E-state index in [1.54, 1.807) is 5.56 Å². The van der Waals surface area contributed by atoms with E-state index in [0.29, 0.717) is 0 Å². The largest absolute Gasteiger partial charge is 0.344 e. The molecule has 3 rings (SSSR count). The number of hydrogen-bond acceptors (Lipinski definition) is 1. The van der Waals surface area contributed by atoms with Crippen molar-refractivity contribution in [1.82, 2.24) is 6.15 Å². The highest BCUT2D eigenvalue weighted by Crippen LogP contribution is 2.44. The lowest BCUT2D eigenvalue weighted by Gasteiger charge is -2.37. The van der Waals surface area contributed by atoms with Crippen LogP contribution in [0, 0.1) is 5.92 Å². The van der Waals surface area contributed by atoms with Crippen LogP contribution in [0.3, 0.4) is 0 Å². The molecule has 1 saturated carbocycles. The molecule has 1 aliphatic rings. The SMILES string of the molecule is Cl.N.c1ccc(CCCC2CCC2c2ccccc2)cc1. The van der Waals surface area contributed by atoms with E-state index in [-0.39, 0.29) is 18.6 Å². The molecule has 2 atom stereocenters. The highest BCUT2D eigenvalue weighted by Gasteiger charge is 2.30. The number of aryl methyl sites for hydroxylation is 1. The van der Waals surface area contributed by atoms with Gasteiger partial charge in [0.05, 0.1) is 0 Å². The summed E-state index contributed by atoms with van der Waals surface area (Å²) >= 11 is 0. The second kappa shape index (κ2) is 8.86. The molecule has 0 bridgehead atoms. The number of rotatable bonds is 5. The van der Waals surface area contributed by atoms with Crippen LogP contribution in [0.2, 0.25) is 0 Å². The van der Waals surface area contributed by atoms with Gasteiger partial charge in [-0.3, -0.25) is 0 Å². The van der Waals surface area contributed by atoms with E-state index in [1.165, 1.54) is 37.7 Å². The van der Waals surface area contributed by atoms with Crippen LogP contribution in [-0.4, -0.2) is 0 Å². The van der Waals surface area contributed by atoms with Crippen molar-refractivity contribution in [1.29, 1.82) is 0 Å². The van der Waals surface area contributed by atoms with E-state index in [4.69, 9.17) is 0 Å². The van der Waals surface area contributed by atoms with Crippen molar-refractivity contribution in [2.75, 3.05) is 0 Å². The Hall–Kier alpha value is -1.31. The molecule has 2 aromatic rings. The molecule has 1 fully saturated rings. The van der Waals surface area contributed by atoms with Gasteiger partial charge in [0.15, 0.2) is 0 Å². The Morgan fingerprint density at radius 3 is 2.00 bits per heavy atom. The maximum atomic E-state index is 2.30. The summed E-state index contributed by atoms with van der Waals surface area (Å²) in [6.45, 7) is 0. The summed E-state index contributed by atoms with van der Waals surface area (Å²) in [5, 5.41) is 0. The maximum absolute atomic E-state index is 2.30. The molecule has 0 spiro atoms. The molecule has 1 aliphatic carbocycles. The fraction of sp³-hybridized carbons (Fsp3) is 0.368. The molecule has 114 valence electrons. The normalized spacial score (nSPS) is 19.8. The summed E-state index contributed by atoms with van der Waals surface area (Å²) in [4.78, 5) is 0. The van der Waals surface area contributed by atoms with E-state index in [0.717, 1.165) is 11.8 Å². The van der Waals surface area contributed by atoms with Crippen molar-refractivity contribution in [3.05, 3.63) is 71.8 Å². The van der Waals surface area contributed by atoms with Gasteiger partial charge in [-0.05, 0) is 55.1 Å². The lowest BCUT2D eigenvalue weighted by atomic mass is 9.68. The average molecular weight is 304 g/mol. The molecular weight excluding hydrogens is 278 g/mol. The molecule has 0 amide bonds. The smallest absolute Gasteiger partial charge is 0.0133 e. The minimum atomic E-state index is 0. The quantitative estimate of drug-likeness (QED) is 0.745. The Morgan fingerprint density at radius 1 is 0.810 bits per heavy atom. The Balaban J connectivity index is 0.00000110. The first-order valence-corrected chi connectivity index (χ1v) is 7.52. The highest BCUT2D eigenvalue weighted by molar-refractivity contribution is 5.85. The monoisotopic (exact) mass is 303 g/mol. The second-order valence-electron chi connectivity index (χ2n) is 5.73. The van der Waals surface area contributed by atoms with Crippen molar-refractivity contribution < 1.29 is 0 Å². The Bertz CT molecular complexity index is 497. The Labute approximate surface area is 134 Å². The zero-order chi connectivity index (χ0) is 12.9. The van der Waals surface area contributed by atoms with Gasteiger partial charge in [0.25, 0.3) is 0 Å². The fourth-order valence-electron chi connectivity index (χ4n) is 3.27. The highest BCUT2D eigenvalue weighted by atomic mass is 35.5. The van der Waals surface area contributed by atoms with E-state index in [2.05, 4.69) is 60.7 Å². The minimum Gasteiger partial charge on any atom is -0.344 e. The number of hydrogen-bond donors (Lipinski definition) is 1. The summed E-state index contributed by atoms with van der Waals surface area (Å²) in [6.07, 6.45) is 6.76. The fourth-order valence-corrected chi connectivity index (χ4v) is 3.27. The summed E-state index contributed by atoms with van der Waals surface area (Å²) < 4.78 is 0. The third kappa shape index (κ3) is 4.59. The average Bonchev–Trinajstić information content (AvgIpc) is 2.45. The Kier molecular flexibility index (Phi) is 7.49. The number of halogens is 1. The van der Waals surface area contributed by atoms with Crippen LogP contribution in [0.15, 0.2) is 60.7 Å². The molecule has 0 radical (unpaired) electrons. The van der Waals surface area contributed by atoms with Crippen molar-refractivity contribution in [2.24, 2.45) is 5.92 Å². The predicted molar refractivity (Wildman–Crippen MR) is 93.6 cm³/mol. The maximum Gasteiger partial charge on any atom is -0.0133 e. The minimum absolute atomic E-state index is 0. The van der Waals surface area contributed by atoms with Crippen LogP contribution in [0.5, 0.6) is 0 Å². The van der Waals surface area contributed by atoms with Gasteiger partial charge in [0, 0.05) is 0 Å². The summed E-state index contributed by atoms with van der Waals surface area (Å²) in [7, 11) is 0. The second-order valence-corrected chi connectivity index (χ2v) is 5.73. The number of benzene rings is 2. The van der Waals surface area contributed by atoms with Gasteiger partial charge >= 0.3 is 0 Å². The third-order valence-corrected chi connectivity index (χ3v) is 4.53. The molecule has 21 heavy (non-hydrogen) atoms.